The number of alkyl halides is 3. The first-order chi connectivity index (χ1) is 13.2. The lowest BCUT2D eigenvalue weighted by molar-refractivity contribution is -0.139. The number of pyridine rings is 1. The van der Waals surface area contributed by atoms with E-state index in [0.717, 1.165) is 18.2 Å². The van der Waals surface area contributed by atoms with Crippen LogP contribution in [0.25, 0.3) is 0 Å². The third-order valence-corrected chi connectivity index (χ3v) is 3.90. The number of anilines is 1. The van der Waals surface area contributed by atoms with Gasteiger partial charge in [-0.15, -0.1) is 0 Å². The average Bonchev–Trinajstić information content (AvgIpc) is 2.64. The van der Waals surface area contributed by atoms with Crippen LogP contribution in [0, 0.1) is 5.92 Å². The third kappa shape index (κ3) is 6.44. The molecule has 1 heterocycles. The molecule has 1 unspecified atom stereocenters. The summed E-state index contributed by atoms with van der Waals surface area (Å²) < 4.78 is 44.0. The summed E-state index contributed by atoms with van der Waals surface area (Å²) in [6.07, 6.45) is -2.91. The molecular weight excluding hydrogens is 371 g/mol. The smallest absolute Gasteiger partial charge is 0.419 e. The molecule has 152 valence electrons. The fourth-order valence-electron chi connectivity index (χ4n) is 2.46. The topological polar surface area (TPSA) is 63.2 Å². The number of nitrogens with zero attached hydrogens (tertiary/aromatic N) is 1. The van der Waals surface area contributed by atoms with E-state index in [1.165, 1.54) is 18.2 Å². The van der Waals surface area contributed by atoms with Crippen molar-refractivity contribution in [2.24, 2.45) is 5.92 Å². The van der Waals surface area contributed by atoms with E-state index < -0.39 is 24.3 Å². The zero-order chi connectivity index (χ0) is 20.7. The van der Waals surface area contributed by atoms with Crippen LogP contribution in [0.3, 0.4) is 0 Å². The van der Waals surface area contributed by atoms with Gasteiger partial charge < -0.3 is 15.4 Å². The number of nitrogens with one attached hydrogen (secondary N) is 2. The first-order valence-corrected chi connectivity index (χ1v) is 8.95. The summed E-state index contributed by atoms with van der Waals surface area (Å²) in [5.74, 6) is 0.266. The van der Waals surface area contributed by atoms with Gasteiger partial charge in [-0.2, -0.15) is 13.2 Å². The van der Waals surface area contributed by atoms with Crippen molar-refractivity contribution in [3.8, 4) is 5.75 Å². The van der Waals surface area contributed by atoms with E-state index in [9.17, 15) is 18.0 Å². The van der Waals surface area contributed by atoms with Crippen molar-refractivity contribution < 1.29 is 22.7 Å². The van der Waals surface area contributed by atoms with Gasteiger partial charge >= 0.3 is 6.18 Å². The minimum absolute atomic E-state index is 0.350. The van der Waals surface area contributed by atoms with Gasteiger partial charge in [-0.1, -0.05) is 26.0 Å². The van der Waals surface area contributed by atoms with Gasteiger partial charge in [0.2, 0.25) is 0 Å². The highest BCUT2D eigenvalue weighted by Gasteiger charge is 2.34. The van der Waals surface area contributed by atoms with Crippen molar-refractivity contribution >= 4 is 11.7 Å². The molecule has 1 aromatic heterocycles. The van der Waals surface area contributed by atoms with Gasteiger partial charge in [0.05, 0.1) is 11.6 Å². The Morgan fingerprint density at radius 3 is 2.57 bits per heavy atom. The maximum absolute atomic E-state index is 13.0. The minimum atomic E-state index is -4.54. The second-order valence-electron chi connectivity index (χ2n) is 6.82. The molecule has 0 fully saturated rings. The van der Waals surface area contributed by atoms with Gasteiger partial charge in [0, 0.05) is 12.7 Å². The zero-order valence-electron chi connectivity index (χ0n) is 16.0. The molecule has 28 heavy (non-hydrogen) atoms. The molecule has 0 radical (unpaired) electrons. The number of carbonyl (C=O) groups excluding carboxylic acids is 1. The van der Waals surface area contributed by atoms with Crippen LogP contribution in [-0.2, 0) is 11.0 Å². The van der Waals surface area contributed by atoms with Gasteiger partial charge in [-0.3, -0.25) is 4.79 Å². The Morgan fingerprint density at radius 2 is 1.89 bits per heavy atom. The van der Waals surface area contributed by atoms with Crippen LogP contribution >= 0.6 is 0 Å². The van der Waals surface area contributed by atoms with Crippen LogP contribution in [0.15, 0.2) is 42.6 Å². The van der Waals surface area contributed by atoms with Crippen molar-refractivity contribution in [1.29, 1.82) is 0 Å². The summed E-state index contributed by atoms with van der Waals surface area (Å²) in [7, 11) is 0. The summed E-state index contributed by atoms with van der Waals surface area (Å²) in [5.41, 5.74) is -0.0869. The second kappa shape index (κ2) is 9.43. The molecule has 0 aliphatic carbocycles. The Kier molecular flexibility index (Phi) is 7.25. The quantitative estimate of drug-likeness (QED) is 0.694. The molecule has 8 heteroatoms. The van der Waals surface area contributed by atoms with E-state index in [4.69, 9.17) is 4.74 Å². The summed E-state index contributed by atoms with van der Waals surface area (Å²) in [6.45, 7) is 6.20. The number of rotatable bonds is 8. The van der Waals surface area contributed by atoms with Gasteiger partial charge in [-0.25, -0.2) is 4.98 Å². The number of benzene rings is 1. The van der Waals surface area contributed by atoms with Crippen molar-refractivity contribution in [2.45, 2.75) is 33.0 Å². The molecular formula is C20H24F3N3O2. The number of para-hydroxylation sites is 1. The van der Waals surface area contributed by atoms with Gasteiger partial charge in [0.15, 0.2) is 6.61 Å². The number of hydrogen-bond acceptors (Lipinski definition) is 4. The largest absolute Gasteiger partial charge is 0.483 e. The molecule has 5 nitrogen and oxygen atoms in total. The first-order valence-electron chi connectivity index (χ1n) is 8.95. The molecule has 0 saturated heterocycles. The molecule has 0 aliphatic rings. The lowest BCUT2D eigenvalue weighted by atomic mass is 10.1. The van der Waals surface area contributed by atoms with Crippen LogP contribution in [-0.4, -0.2) is 24.0 Å². The Bertz CT molecular complexity index is 794. The fourth-order valence-corrected chi connectivity index (χ4v) is 2.46. The maximum atomic E-state index is 13.0. The molecule has 0 saturated carbocycles. The molecule has 1 aromatic carbocycles. The summed E-state index contributed by atoms with van der Waals surface area (Å²) >= 11 is 0. The Balaban J connectivity index is 1.94. The van der Waals surface area contributed by atoms with Crippen molar-refractivity contribution in [3.63, 3.8) is 0 Å². The molecule has 2 N–H and O–H groups in total. The zero-order valence-corrected chi connectivity index (χ0v) is 16.0. The number of carbonyl (C=O) groups is 1. The predicted octanol–water partition coefficient (Wildman–Crippen LogP) is 4.42. The van der Waals surface area contributed by atoms with Crippen LogP contribution in [0.1, 0.15) is 37.9 Å². The normalized spacial score (nSPS) is 12.5. The molecule has 0 spiro atoms. The fraction of sp³-hybridized carbons (Fsp3) is 0.400. The van der Waals surface area contributed by atoms with Gasteiger partial charge in [0.1, 0.15) is 11.6 Å². The van der Waals surface area contributed by atoms with Gasteiger partial charge in [0.25, 0.3) is 5.91 Å². The molecule has 0 aliphatic heterocycles. The molecule has 1 amide bonds. The summed E-state index contributed by atoms with van der Waals surface area (Å²) in [4.78, 5) is 16.3. The Labute approximate surface area is 162 Å². The van der Waals surface area contributed by atoms with E-state index in [1.807, 2.05) is 6.07 Å². The molecule has 0 bridgehead atoms. The SMILES string of the molecule is CC(C)CNc1cc(C(C)NC(=O)COc2ccccc2C(F)(F)F)ccn1. The van der Waals surface area contributed by atoms with Crippen LogP contribution in [0.2, 0.25) is 0 Å². The Morgan fingerprint density at radius 1 is 1.18 bits per heavy atom. The van der Waals surface area contributed by atoms with E-state index in [2.05, 4.69) is 29.5 Å². The van der Waals surface area contributed by atoms with Crippen LogP contribution in [0.4, 0.5) is 19.0 Å². The summed E-state index contributed by atoms with van der Waals surface area (Å²) in [5, 5.41) is 5.92. The highest BCUT2D eigenvalue weighted by atomic mass is 19.4. The van der Waals surface area contributed by atoms with Crippen molar-refractivity contribution in [2.75, 3.05) is 18.5 Å². The minimum Gasteiger partial charge on any atom is -0.483 e. The monoisotopic (exact) mass is 395 g/mol. The number of aromatic nitrogens is 1. The molecule has 2 aromatic rings. The lowest BCUT2D eigenvalue weighted by Gasteiger charge is -2.17. The molecule has 1 atom stereocenters. The van der Waals surface area contributed by atoms with Crippen molar-refractivity contribution in [3.05, 3.63) is 53.7 Å². The molecule has 2 rings (SSSR count). The van der Waals surface area contributed by atoms with E-state index in [1.54, 1.807) is 19.2 Å². The highest BCUT2D eigenvalue weighted by Crippen LogP contribution is 2.35. The van der Waals surface area contributed by atoms with E-state index >= 15 is 0 Å². The highest BCUT2D eigenvalue weighted by molar-refractivity contribution is 5.78. The number of halogens is 3. The summed E-state index contributed by atoms with van der Waals surface area (Å²) in [6, 6.07) is 8.04. The van der Waals surface area contributed by atoms with Gasteiger partial charge in [-0.05, 0) is 42.7 Å². The number of ether oxygens (including phenoxy) is 1. The van der Waals surface area contributed by atoms with Crippen molar-refractivity contribution in [1.82, 2.24) is 10.3 Å². The standard InChI is InChI=1S/C20H24F3N3O2/c1-13(2)11-25-18-10-15(8-9-24-18)14(3)26-19(27)12-28-17-7-5-4-6-16(17)20(21,22)23/h4-10,13-14H,11-12H2,1-3H3,(H,24,25)(H,26,27). The average molecular weight is 395 g/mol. The lowest BCUT2D eigenvalue weighted by Crippen LogP contribution is -2.31. The predicted molar refractivity (Wildman–Crippen MR) is 101 cm³/mol. The maximum Gasteiger partial charge on any atom is 0.419 e. The number of hydrogen-bond donors (Lipinski definition) is 2. The Hall–Kier alpha value is -2.77. The second-order valence-corrected chi connectivity index (χ2v) is 6.82. The van der Waals surface area contributed by atoms with E-state index in [0.29, 0.717) is 11.7 Å². The van der Waals surface area contributed by atoms with E-state index in [-0.39, 0.29) is 11.8 Å². The third-order valence-electron chi connectivity index (χ3n) is 3.90. The first kappa shape index (κ1) is 21.5. The number of amides is 1. The van der Waals surface area contributed by atoms with Crippen LogP contribution in [0.5, 0.6) is 5.75 Å². The van der Waals surface area contributed by atoms with Crippen LogP contribution < -0.4 is 15.4 Å².